The standard InChI is InChI=1S/C21H32N6/c1-3-22-21(24-16-12-13-27(15-16)17-8-4-5-9-17)23-14-20-25-18-10-6-7-11-19(18)26(20)2/h6-7,10-11,16-17H,3-5,8-9,12-15H2,1-2H3,(H2,22,23,24). The van der Waals surface area contributed by atoms with Gasteiger partial charge in [-0.15, -0.1) is 0 Å². The highest BCUT2D eigenvalue weighted by Crippen LogP contribution is 2.26. The fourth-order valence-electron chi connectivity index (χ4n) is 4.51. The Morgan fingerprint density at radius 3 is 2.81 bits per heavy atom. The maximum Gasteiger partial charge on any atom is 0.191 e. The summed E-state index contributed by atoms with van der Waals surface area (Å²) in [5, 5.41) is 7.05. The van der Waals surface area contributed by atoms with Gasteiger partial charge in [-0.1, -0.05) is 25.0 Å². The molecule has 1 aromatic heterocycles. The average molecular weight is 369 g/mol. The van der Waals surface area contributed by atoms with Crippen LogP contribution in [0.2, 0.25) is 0 Å². The third-order valence-corrected chi connectivity index (χ3v) is 6.00. The van der Waals surface area contributed by atoms with Gasteiger partial charge in [-0.25, -0.2) is 9.98 Å². The number of hydrogen-bond acceptors (Lipinski definition) is 3. The molecule has 1 saturated carbocycles. The van der Waals surface area contributed by atoms with Gasteiger partial charge in [0.25, 0.3) is 0 Å². The van der Waals surface area contributed by atoms with Crippen molar-refractivity contribution < 1.29 is 0 Å². The van der Waals surface area contributed by atoms with Crippen molar-refractivity contribution in [3.63, 3.8) is 0 Å². The lowest BCUT2D eigenvalue weighted by molar-refractivity contribution is 0.242. The highest BCUT2D eigenvalue weighted by molar-refractivity contribution is 5.80. The molecule has 27 heavy (non-hydrogen) atoms. The third-order valence-electron chi connectivity index (χ3n) is 6.00. The van der Waals surface area contributed by atoms with Crippen LogP contribution in [-0.4, -0.2) is 52.1 Å². The summed E-state index contributed by atoms with van der Waals surface area (Å²) >= 11 is 0. The number of nitrogens with zero attached hydrogens (tertiary/aromatic N) is 4. The van der Waals surface area contributed by atoms with Crippen LogP contribution in [0.5, 0.6) is 0 Å². The minimum Gasteiger partial charge on any atom is -0.357 e. The van der Waals surface area contributed by atoms with Crippen LogP contribution >= 0.6 is 0 Å². The second-order valence-corrected chi connectivity index (χ2v) is 7.83. The van der Waals surface area contributed by atoms with E-state index < -0.39 is 0 Å². The van der Waals surface area contributed by atoms with Crippen LogP contribution in [0, 0.1) is 0 Å². The van der Waals surface area contributed by atoms with E-state index in [1.807, 2.05) is 6.07 Å². The minimum atomic E-state index is 0.490. The van der Waals surface area contributed by atoms with Crippen LogP contribution in [0.15, 0.2) is 29.3 Å². The average Bonchev–Trinajstić information content (AvgIpc) is 3.41. The van der Waals surface area contributed by atoms with Gasteiger partial charge in [0.1, 0.15) is 12.4 Å². The van der Waals surface area contributed by atoms with E-state index in [0.29, 0.717) is 12.6 Å². The quantitative estimate of drug-likeness (QED) is 0.629. The molecule has 0 radical (unpaired) electrons. The first-order chi connectivity index (χ1) is 13.2. The van der Waals surface area contributed by atoms with Crippen molar-refractivity contribution in [1.82, 2.24) is 25.1 Å². The Hall–Kier alpha value is -2.08. The molecule has 2 fully saturated rings. The largest absolute Gasteiger partial charge is 0.357 e. The Bertz CT molecular complexity index is 789. The molecular weight excluding hydrogens is 336 g/mol. The molecule has 0 amide bonds. The van der Waals surface area contributed by atoms with Crippen molar-refractivity contribution in [3.8, 4) is 0 Å². The van der Waals surface area contributed by atoms with Crippen LogP contribution in [0.4, 0.5) is 0 Å². The predicted molar refractivity (Wildman–Crippen MR) is 111 cm³/mol. The van der Waals surface area contributed by atoms with Crippen LogP contribution in [0.25, 0.3) is 11.0 Å². The van der Waals surface area contributed by atoms with E-state index in [1.54, 1.807) is 0 Å². The molecule has 4 rings (SSSR count). The Balaban J connectivity index is 1.40. The number of nitrogens with one attached hydrogen (secondary N) is 2. The molecule has 1 aliphatic heterocycles. The van der Waals surface area contributed by atoms with E-state index in [-0.39, 0.29) is 0 Å². The Labute approximate surface area is 162 Å². The molecule has 1 aliphatic carbocycles. The number of aryl methyl sites for hydroxylation is 1. The van der Waals surface area contributed by atoms with Crippen molar-refractivity contribution >= 4 is 17.0 Å². The number of hydrogen-bond donors (Lipinski definition) is 2. The smallest absolute Gasteiger partial charge is 0.191 e. The number of aromatic nitrogens is 2. The summed E-state index contributed by atoms with van der Waals surface area (Å²) in [6, 6.07) is 9.56. The second kappa shape index (κ2) is 8.30. The highest BCUT2D eigenvalue weighted by Gasteiger charge is 2.30. The monoisotopic (exact) mass is 368 g/mol. The number of imidazole rings is 1. The van der Waals surface area contributed by atoms with Crippen molar-refractivity contribution in [3.05, 3.63) is 30.1 Å². The van der Waals surface area contributed by atoms with E-state index in [1.165, 1.54) is 38.6 Å². The number of para-hydroxylation sites is 2. The molecule has 2 aliphatic rings. The van der Waals surface area contributed by atoms with E-state index in [4.69, 9.17) is 9.98 Å². The Morgan fingerprint density at radius 2 is 2.04 bits per heavy atom. The molecule has 2 N–H and O–H groups in total. The number of likely N-dealkylation sites (tertiary alicyclic amines) is 1. The summed E-state index contributed by atoms with van der Waals surface area (Å²) in [7, 11) is 2.07. The summed E-state index contributed by atoms with van der Waals surface area (Å²) in [6.45, 7) is 5.92. The fraction of sp³-hybridized carbons (Fsp3) is 0.619. The zero-order chi connectivity index (χ0) is 18.6. The zero-order valence-corrected chi connectivity index (χ0v) is 16.6. The summed E-state index contributed by atoms with van der Waals surface area (Å²) in [4.78, 5) is 12.2. The van der Waals surface area contributed by atoms with Crippen LogP contribution in [-0.2, 0) is 13.6 Å². The molecule has 1 aromatic carbocycles. The van der Waals surface area contributed by atoms with Crippen molar-refractivity contribution in [2.24, 2.45) is 12.0 Å². The summed E-state index contributed by atoms with van der Waals surface area (Å²) < 4.78 is 2.14. The molecule has 0 bridgehead atoms. The van der Waals surface area contributed by atoms with Gasteiger partial charge < -0.3 is 15.2 Å². The van der Waals surface area contributed by atoms with Crippen molar-refractivity contribution in [2.75, 3.05) is 19.6 Å². The molecule has 1 saturated heterocycles. The fourth-order valence-corrected chi connectivity index (χ4v) is 4.51. The second-order valence-electron chi connectivity index (χ2n) is 7.83. The van der Waals surface area contributed by atoms with Gasteiger partial charge in [0, 0.05) is 38.8 Å². The van der Waals surface area contributed by atoms with Crippen LogP contribution < -0.4 is 10.6 Å². The summed E-state index contributed by atoms with van der Waals surface area (Å²) in [5.74, 6) is 1.90. The summed E-state index contributed by atoms with van der Waals surface area (Å²) in [6.07, 6.45) is 6.77. The number of fused-ring (bicyclic) bond motifs is 1. The molecule has 2 aromatic rings. The molecule has 2 heterocycles. The lowest BCUT2D eigenvalue weighted by Gasteiger charge is -2.24. The predicted octanol–water partition coefficient (Wildman–Crippen LogP) is 2.65. The van der Waals surface area contributed by atoms with E-state index in [2.05, 4.69) is 52.3 Å². The van der Waals surface area contributed by atoms with E-state index >= 15 is 0 Å². The van der Waals surface area contributed by atoms with Crippen molar-refractivity contribution in [1.29, 1.82) is 0 Å². The molecule has 0 spiro atoms. The normalized spacial score (nSPS) is 22.0. The third kappa shape index (κ3) is 4.10. The van der Waals surface area contributed by atoms with Gasteiger partial charge in [-0.05, 0) is 38.3 Å². The first-order valence-corrected chi connectivity index (χ1v) is 10.4. The minimum absolute atomic E-state index is 0.490. The van der Waals surface area contributed by atoms with Crippen molar-refractivity contribution in [2.45, 2.75) is 57.7 Å². The van der Waals surface area contributed by atoms with E-state index in [9.17, 15) is 0 Å². The number of aliphatic imine (C=N–C) groups is 1. The first kappa shape index (κ1) is 18.3. The molecule has 1 unspecified atom stereocenters. The lowest BCUT2D eigenvalue weighted by atomic mass is 10.2. The van der Waals surface area contributed by atoms with Gasteiger partial charge in [0.05, 0.1) is 11.0 Å². The molecular formula is C21H32N6. The summed E-state index contributed by atoms with van der Waals surface area (Å²) in [5.41, 5.74) is 2.19. The SMILES string of the molecule is CCNC(=NCc1nc2ccccc2n1C)NC1CCN(C2CCCC2)C1. The van der Waals surface area contributed by atoms with Gasteiger partial charge in [0.2, 0.25) is 0 Å². The molecule has 1 atom stereocenters. The lowest BCUT2D eigenvalue weighted by Crippen LogP contribution is -2.45. The maximum absolute atomic E-state index is 4.82. The van der Waals surface area contributed by atoms with Gasteiger partial charge in [-0.2, -0.15) is 0 Å². The Morgan fingerprint density at radius 1 is 1.22 bits per heavy atom. The molecule has 146 valence electrons. The van der Waals surface area contributed by atoms with Gasteiger partial charge >= 0.3 is 0 Å². The molecule has 6 heteroatoms. The highest BCUT2D eigenvalue weighted by atomic mass is 15.3. The topological polar surface area (TPSA) is 57.5 Å². The van der Waals surface area contributed by atoms with Gasteiger partial charge in [-0.3, -0.25) is 4.90 Å². The zero-order valence-electron chi connectivity index (χ0n) is 16.6. The first-order valence-electron chi connectivity index (χ1n) is 10.4. The number of guanidine groups is 1. The van der Waals surface area contributed by atoms with Crippen LogP contribution in [0.3, 0.4) is 0 Å². The Kier molecular flexibility index (Phi) is 5.62. The number of rotatable bonds is 5. The molecule has 6 nitrogen and oxygen atoms in total. The number of benzene rings is 1. The van der Waals surface area contributed by atoms with Gasteiger partial charge in [0.15, 0.2) is 5.96 Å². The van der Waals surface area contributed by atoms with Crippen LogP contribution in [0.1, 0.15) is 44.9 Å². The van der Waals surface area contributed by atoms with E-state index in [0.717, 1.165) is 41.9 Å². The maximum atomic E-state index is 4.82.